The molecule has 4 aliphatic rings. The minimum absolute atomic E-state index is 0.0466. The summed E-state index contributed by atoms with van der Waals surface area (Å²) in [6.45, 7) is 9.15. The van der Waals surface area contributed by atoms with Crippen LogP contribution in [-0.4, -0.2) is 107 Å². The van der Waals surface area contributed by atoms with Crippen molar-refractivity contribution >= 4 is 35.1 Å². The number of thiophene rings is 1. The van der Waals surface area contributed by atoms with Crippen molar-refractivity contribution in [1.82, 2.24) is 30.2 Å². The number of amides is 5. The lowest BCUT2D eigenvalue weighted by molar-refractivity contribution is -0.142. The van der Waals surface area contributed by atoms with Crippen LogP contribution in [0.1, 0.15) is 70.1 Å². The highest BCUT2D eigenvalue weighted by Gasteiger charge is 2.36. The molecule has 1 aromatic rings. The molecule has 4 aliphatic heterocycles. The molecular weight excluding hydrogens is 576 g/mol. The Kier molecular flexibility index (Phi) is 11.1. The molecule has 0 aliphatic carbocycles. The van der Waals surface area contributed by atoms with Gasteiger partial charge >= 0.3 is 6.03 Å². The summed E-state index contributed by atoms with van der Waals surface area (Å²) in [4.78, 5) is 62.2. The quantitative estimate of drug-likeness (QED) is 0.438. The van der Waals surface area contributed by atoms with Crippen molar-refractivity contribution in [2.45, 2.75) is 89.8 Å². The lowest BCUT2D eigenvalue weighted by Gasteiger charge is -2.41. The number of urea groups is 1. The highest BCUT2D eigenvalue weighted by atomic mass is 32.1. The van der Waals surface area contributed by atoms with E-state index in [0.29, 0.717) is 51.6 Å². The topological polar surface area (TPSA) is 105 Å². The lowest BCUT2D eigenvalue weighted by Crippen LogP contribution is -2.56. The minimum Gasteiger partial charge on any atom is -0.343 e. The Morgan fingerprint density at radius 2 is 1.68 bits per heavy atom. The molecule has 3 saturated heterocycles. The van der Waals surface area contributed by atoms with Crippen LogP contribution >= 0.6 is 11.3 Å². The normalized spacial score (nSPS) is 22.0. The van der Waals surface area contributed by atoms with Crippen LogP contribution in [0.4, 0.5) is 4.79 Å². The summed E-state index contributed by atoms with van der Waals surface area (Å²) in [5.74, 6) is -0.526. The third-order valence-electron chi connectivity index (χ3n) is 9.57. The molecule has 1 atom stereocenters. The standard InChI is InChI=1S/C33H48N6O4S/c1-3-8-28-24(2)23-39(33(43)35-28)26-12-16-37(17-13-26)31(41)22-29(34-30(40)21-27-9-7-20-44-27)32(42)38-18-10-25(11-19-38)36-14-5-4-6-15-36/h3,7-9,20,25-26,29H,4-6,10-19,21-23H2,1-2H3,(H,34,40)(H,35,43)/b8-3-. The van der Waals surface area contributed by atoms with E-state index in [-0.39, 0.29) is 42.6 Å². The van der Waals surface area contributed by atoms with Crippen LogP contribution in [0.5, 0.6) is 0 Å². The average molecular weight is 625 g/mol. The summed E-state index contributed by atoms with van der Waals surface area (Å²) < 4.78 is 0. The zero-order valence-corrected chi connectivity index (χ0v) is 27.1. The van der Waals surface area contributed by atoms with Gasteiger partial charge in [0.05, 0.1) is 12.8 Å². The fourth-order valence-corrected chi connectivity index (χ4v) is 7.76. The predicted molar refractivity (Wildman–Crippen MR) is 172 cm³/mol. The summed E-state index contributed by atoms with van der Waals surface area (Å²) in [5.41, 5.74) is 1.97. The first-order valence-electron chi connectivity index (χ1n) is 16.3. The van der Waals surface area contributed by atoms with Crippen molar-refractivity contribution in [2.24, 2.45) is 0 Å². The minimum atomic E-state index is -0.884. The van der Waals surface area contributed by atoms with Crippen LogP contribution in [0.2, 0.25) is 0 Å². The molecule has 5 rings (SSSR count). The Hall–Kier alpha value is -3.18. The van der Waals surface area contributed by atoms with Gasteiger partial charge in [0.15, 0.2) is 0 Å². The first-order chi connectivity index (χ1) is 21.3. The monoisotopic (exact) mass is 624 g/mol. The number of piperidine rings is 3. The molecule has 10 nitrogen and oxygen atoms in total. The molecule has 0 radical (unpaired) electrons. The highest BCUT2D eigenvalue weighted by Crippen LogP contribution is 2.24. The van der Waals surface area contributed by atoms with Gasteiger partial charge in [-0.05, 0) is 88.6 Å². The van der Waals surface area contributed by atoms with E-state index >= 15 is 0 Å². The Morgan fingerprint density at radius 3 is 2.34 bits per heavy atom. The third kappa shape index (κ3) is 8.10. The molecule has 11 heteroatoms. The third-order valence-corrected chi connectivity index (χ3v) is 10.4. The Balaban J connectivity index is 1.18. The van der Waals surface area contributed by atoms with E-state index in [4.69, 9.17) is 0 Å². The fraction of sp³-hybridized carbons (Fsp3) is 0.636. The number of hydrogen-bond acceptors (Lipinski definition) is 6. The van der Waals surface area contributed by atoms with E-state index in [1.54, 1.807) is 4.90 Å². The summed E-state index contributed by atoms with van der Waals surface area (Å²) in [5, 5.41) is 7.85. The van der Waals surface area contributed by atoms with Crippen LogP contribution in [0.15, 0.2) is 40.9 Å². The Bertz CT molecular complexity index is 1220. The largest absolute Gasteiger partial charge is 0.343 e. The van der Waals surface area contributed by atoms with Crippen LogP contribution in [-0.2, 0) is 20.8 Å². The number of nitrogens with zero attached hydrogens (tertiary/aromatic N) is 4. The smallest absolute Gasteiger partial charge is 0.322 e. The maximum Gasteiger partial charge on any atom is 0.322 e. The van der Waals surface area contributed by atoms with E-state index in [9.17, 15) is 19.2 Å². The van der Waals surface area contributed by atoms with Gasteiger partial charge in [0.2, 0.25) is 17.7 Å². The number of carbonyl (C=O) groups excluding carboxylic acids is 4. The average Bonchev–Trinajstić information content (AvgIpc) is 3.55. The molecule has 5 heterocycles. The lowest BCUT2D eigenvalue weighted by atomic mass is 9.98. The van der Waals surface area contributed by atoms with Gasteiger partial charge < -0.3 is 30.2 Å². The van der Waals surface area contributed by atoms with Crippen molar-refractivity contribution in [1.29, 1.82) is 0 Å². The number of likely N-dealkylation sites (tertiary alicyclic amines) is 3. The second-order valence-electron chi connectivity index (χ2n) is 12.6. The fourth-order valence-electron chi connectivity index (χ4n) is 7.05. The zero-order valence-electron chi connectivity index (χ0n) is 26.3. The van der Waals surface area contributed by atoms with Gasteiger partial charge in [-0.2, -0.15) is 0 Å². The van der Waals surface area contributed by atoms with Gasteiger partial charge in [-0.15, -0.1) is 11.3 Å². The molecule has 1 unspecified atom stereocenters. The van der Waals surface area contributed by atoms with Gasteiger partial charge in [0, 0.05) is 55.4 Å². The van der Waals surface area contributed by atoms with Crippen molar-refractivity contribution in [3.05, 3.63) is 45.8 Å². The predicted octanol–water partition coefficient (Wildman–Crippen LogP) is 3.51. The van der Waals surface area contributed by atoms with E-state index in [1.807, 2.05) is 53.3 Å². The summed E-state index contributed by atoms with van der Waals surface area (Å²) in [6.07, 6.45) is 11.0. The van der Waals surface area contributed by atoms with Gasteiger partial charge in [-0.1, -0.05) is 18.6 Å². The molecule has 0 bridgehead atoms. The van der Waals surface area contributed by atoms with Gasteiger partial charge in [-0.25, -0.2) is 4.79 Å². The molecule has 5 amide bonds. The first kappa shape index (κ1) is 32.2. The molecule has 0 saturated carbocycles. The van der Waals surface area contributed by atoms with Crippen molar-refractivity contribution in [2.75, 3.05) is 45.8 Å². The number of carbonyl (C=O) groups is 4. The van der Waals surface area contributed by atoms with Gasteiger partial charge in [0.25, 0.3) is 0 Å². The number of hydrogen-bond donors (Lipinski definition) is 2. The number of allylic oxidation sites excluding steroid dienone is 2. The summed E-state index contributed by atoms with van der Waals surface area (Å²) in [6, 6.07) is 3.38. The van der Waals surface area contributed by atoms with Crippen LogP contribution < -0.4 is 10.6 Å². The second kappa shape index (κ2) is 15.2. The Morgan fingerprint density at radius 1 is 1.00 bits per heavy atom. The summed E-state index contributed by atoms with van der Waals surface area (Å²) >= 11 is 1.51. The van der Waals surface area contributed by atoms with E-state index < -0.39 is 6.04 Å². The molecule has 44 heavy (non-hydrogen) atoms. The van der Waals surface area contributed by atoms with Crippen molar-refractivity contribution < 1.29 is 19.2 Å². The van der Waals surface area contributed by atoms with Crippen LogP contribution in [0, 0.1) is 0 Å². The van der Waals surface area contributed by atoms with Crippen molar-refractivity contribution in [3.8, 4) is 0 Å². The molecule has 3 fully saturated rings. The number of rotatable bonds is 9. The Labute approximate surface area is 265 Å². The molecule has 1 aromatic heterocycles. The van der Waals surface area contributed by atoms with Crippen LogP contribution in [0.25, 0.3) is 0 Å². The molecular formula is C33H48N6O4S. The molecule has 0 spiro atoms. The maximum absolute atomic E-state index is 13.8. The zero-order chi connectivity index (χ0) is 31.1. The van der Waals surface area contributed by atoms with Gasteiger partial charge in [-0.3, -0.25) is 14.4 Å². The summed E-state index contributed by atoms with van der Waals surface area (Å²) in [7, 11) is 0. The SMILES string of the molecule is C/C=C\C1=C(C)CN(C2CCN(C(=O)CC(NC(=O)Cc3cccs3)C(=O)N3CCC(N4CCCCC4)CC3)CC2)C(=O)N1. The molecule has 0 aromatic carbocycles. The van der Waals surface area contributed by atoms with E-state index in [2.05, 4.69) is 15.5 Å². The van der Waals surface area contributed by atoms with Gasteiger partial charge in [0.1, 0.15) is 6.04 Å². The second-order valence-corrected chi connectivity index (χ2v) is 13.6. The number of nitrogens with one attached hydrogen (secondary N) is 2. The first-order valence-corrected chi connectivity index (χ1v) is 17.2. The van der Waals surface area contributed by atoms with Crippen LogP contribution in [0.3, 0.4) is 0 Å². The molecule has 240 valence electrons. The molecule has 2 N–H and O–H groups in total. The van der Waals surface area contributed by atoms with E-state index in [1.165, 1.54) is 30.6 Å². The maximum atomic E-state index is 13.8. The van der Waals surface area contributed by atoms with Crippen molar-refractivity contribution in [3.63, 3.8) is 0 Å². The highest BCUT2D eigenvalue weighted by molar-refractivity contribution is 7.10. The van der Waals surface area contributed by atoms with E-state index in [0.717, 1.165) is 42.1 Å².